The van der Waals surface area contributed by atoms with Crippen LogP contribution < -0.4 is 11.0 Å². The minimum Gasteiger partial charge on any atom is -0.295 e. The lowest BCUT2D eigenvalue weighted by Crippen LogP contribution is -2.31. The highest BCUT2D eigenvalue weighted by atomic mass is 16.2. The van der Waals surface area contributed by atoms with E-state index in [1.165, 1.54) is 4.57 Å². The van der Waals surface area contributed by atoms with Crippen molar-refractivity contribution in [3.63, 3.8) is 0 Å². The van der Waals surface area contributed by atoms with Crippen molar-refractivity contribution in [1.29, 1.82) is 0 Å². The van der Waals surface area contributed by atoms with Crippen LogP contribution in [0.2, 0.25) is 0 Å². The molecule has 4 rings (SSSR count). The van der Waals surface area contributed by atoms with Crippen LogP contribution in [0.4, 0.5) is 0 Å². The van der Waals surface area contributed by atoms with Gasteiger partial charge in [-0.1, -0.05) is 72.3 Å². The molecule has 0 saturated carbocycles. The summed E-state index contributed by atoms with van der Waals surface area (Å²) in [5.74, 6) is -0.393. The average molecular weight is 396 g/mol. The van der Waals surface area contributed by atoms with Crippen LogP contribution in [-0.2, 0) is 11.3 Å². The number of para-hydroxylation sites is 2. The van der Waals surface area contributed by atoms with Crippen molar-refractivity contribution >= 4 is 23.2 Å². The van der Waals surface area contributed by atoms with Crippen molar-refractivity contribution < 1.29 is 4.79 Å². The van der Waals surface area contributed by atoms with Crippen molar-refractivity contribution in [2.45, 2.75) is 13.5 Å². The number of amides is 1. The van der Waals surface area contributed by atoms with E-state index < -0.39 is 5.91 Å². The molecule has 0 spiro atoms. The lowest BCUT2D eigenvalue weighted by molar-refractivity contribution is -0.121. The summed E-state index contributed by atoms with van der Waals surface area (Å²) < 4.78 is 1.43. The molecule has 0 bridgehead atoms. The van der Waals surface area contributed by atoms with Crippen LogP contribution in [0.1, 0.15) is 11.1 Å². The first-order chi connectivity index (χ1) is 14.6. The third-order valence-corrected chi connectivity index (χ3v) is 4.68. The molecule has 1 N–H and O–H groups in total. The Morgan fingerprint density at radius 2 is 1.70 bits per heavy atom. The van der Waals surface area contributed by atoms with Gasteiger partial charge in [0, 0.05) is 5.56 Å². The van der Waals surface area contributed by atoms with Gasteiger partial charge in [-0.15, -0.1) is 0 Å². The summed E-state index contributed by atoms with van der Waals surface area (Å²) in [7, 11) is 0. The number of hydrazone groups is 1. The lowest BCUT2D eigenvalue weighted by atomic mass is 10.1. The van der Waals surface area contributed by atoms with Crippen LogP contribution in [0.15, 0.2) is 88.8 Å². The number of aryl methyl sites for hydroxylation is 1. The lowest BCUT2D eigenvalue weighted by Gasteiger charge is -2.11. The Bertz CT molecular complexity index is 1280. The minimum absolute atomic E-state index is 0.160. The van der Waals surface area contributed by atoms with E-state index in [4.69, 9.17) is 0 Å². The molecular formula is C24H20N4O2. The van der Waals surface area contributed by atoms with Crippen molar-refractivity contribution in [3.05, 3.63) is 100 Å². The molecule has 3 aromatic carbocycles. The second-order valence-electron chi connectivity index (χ2n) is 6.91. The Hall–Kier alpha value is -4.06. The SMILES string of the molecule is Cc1ccc(/C=N/NC(=O)Cn2c(=O)c(-c3ccccc3)nc3ccccc32)cc1. The number of carbonyl (C=O) groups is 1. The normalized spacial score (nSPS) is 11.1. The highest BCUT2D eigenvalue weighted by molar-refractivity contribution is 5.84. The summed E-state index contributed by atoms with van der Waals surface area (Å²) in [4.78, 5) is 30.2. The predicted molar refractivity (Wildman–Crippen MR) is 118 cm³/mol. The number of carbonyl (C=O) groups excluding carboxylic acids is 1. The zero-order valence-corrected chi connectivity index (χ0v) is 16.4. The molecule has 1 amide bonds. The van der Waals surface area contributed by atoms with Crippen molar-refractivity contribution in [3.8, 4) is 11.3 Å². The summed E-state index contributed by atoms with van der Waals surface area (Å²) in [6.45, 7) is 1.84. The quantitative estimate of drug-likeness (QED) is 0.414. The number of aromatic nitrogens is 2. The van der Waals surface area contributed by atoms with Gasteiger partial charge < -0.3 is 0 Å². The van der Waals surface area contributed by atoms with Gasteiger partial charge in [0.2, 0.25) is 0 Å². The Kier molecular flexibility index (Phi) is 5.48. The maximum Gasteiger partial charge on any atom is 0.278 e. The molecule has 0 unspecified atom stereocenters. The maximum atomic E-state index is 13.1. The van der Waals surface area contributed by atoms with Gasteiger partial charge in [0.1, 0.15) is 12.2 Å². The number of nitrogens with zero attached hydrogens (tertiary/aromatic N) is 3. The number of nitrogens with one attached hydrogen (secondary N) is 1. The van der Waals surface area contributed by atoms with E-state index in [0.29, 0.717) is 22.3 Å². The second-order valence-corrected chi connectivity index (χ2v) is 6.91. The van der Waals surface area contributed by atoms with Gasteiger partial charge >= 0.3 is 0 Å². The fourth-order valence-corrected chi connectivity index (χ4v) is 3.14. The molecule has 148 valence electrons. The van der Waals surface area contributed by atoms with E-state index in [0.717, 1.165) is 11.1 Å². The van der Waals surface area contributed by atoms with E-state index in [2.05, 4.69) is 15.5 Å². The molecular weight excluding hydrogens is 376 g/mol. The summed E-state index contributed by atoms with van der Waals surface area (Å²) in [6, 6.07) is 24.3. The van der Waals surface area contributed by atoms with Crippen LogP contribution in [0, 0.1) is 6.92 Å². The first-order valence-electron chi connectivity index (χ1n) is 9.55. The topological polar surface area (TPSA) is 76.3 Å². The molecule has 0 fully saturated rings. The predicted octanol–water partition coefficient (Wildman–Crippen LogP) is 3.52. The van der Waals surface area contributed by atoms with E-state index in [-0.39, 0.29) is 12.1 Å². The molecule has 6 heteroatoms. The van der Waals surface area contributed by atoms with Crippen molar-refractivity contribution in [2.24, 2.45) is 5.10 Å². The number of benzene rings is 3. The molecule has 1 heterocycles. The van der Waals surface area contributed by atoms with Gasteiger partial charge in [0.25, 0.3) is 11.5 Å². The van der Waals surface area contributed by atoms with Gasteiger partial charge in [-0.2, -0.15) is 5.10 Å². The van der Waals surface area contributed by atoms with Gasteiger partial charge in [-0.05, 0) is 24.6 Å². The smallest absolute Gasteiger partial charge is 0.278 e. The molecule has 0 saturated heterocycles. The van der Waals surface area contributed by atoms with Gasteiger partial charge in [0.15, 0.2) is 0 Å². The van der Waals surface area contributed by atoms with Crippen LogP contribution in [-0.4, -0.2) is 21.7 Å². The Labute approximate surface area is 173 Å². The van der Waals surface area contributed by atoms with Crippen LogP contribution in [0.25, 0.3) is 22.3 Å². The Balaban J connectivity index is 1.63. The largest absolute Gasteiger partial charge is 0.295 e. The third-order valence-electron chi connectivity index (χ3n) is 4.68. The first kappa shape index (κ1) is 19.3. The highest BCUT2D eigenvalue weighted by Gasteiger charge is 2.14. The molecule has 1 aromatic heterocycles. The number of fused-ring (bicyclic) bond motifs is 1. The fourth-order valence-electron chi connectivity index (χ4n) is 3.14. The van der Waals surface area contributed by atoms with Gasteiger partial charge in [0.05, 0.1) is 17.2 Å². The van der Waals surface area contributed by atoms with Crippen molar-refractivity contribution in [1.82, 2.24) is 15.0 Å². The van der Waals surface area contributed by atoms with E-state index >= 15 is 0 Å². The molecule has 0 atom stereocenters. The van der Waals surface area contributed by atoms with E-state index in [1.807, 2.05) is 79.7 Å². The zero-order valence-electron chi connectivity index (χ0n) is 16.4. The standard InChI is InChI=1S/C24H20N4O2/c1-17-11-13-18(14-12-17)15-25-27-22(29)16-28-21-10-6-5-9-20(21)26-23(24(28)30)19-7-3-2-4-8-19/h2-15H,16H2,1H3,(H,27,29)/b25-15+. The van der Waals surface area contributed by atoms with Crippen LogP contribution in [0.5, 0.6) is 0 Å². The summed E-state index contributed by atoms with van der Waals surface area (Å²) in [6.07, 6.45) is 1.57. The molecule has 30 heavy (non-hydrogen) atoms. The summed E-state index contributed by atoms with van der Waals surface area (Å²) in [5.41, 5.74) is 6.46. The first-order valence-corrected chi connectivity index (χ1v) is 9.55. The Morgan fingerprint density at radius 1 is 1.00 bits per heavy atom. The summed E-state index contributed by atoms with van der Waals surface area (Å²) >= 11 is 0. The van der Waals surface area contributed by atoms with Gasteiger partial charge in [-0.3, -0.25) is 14.2 Å². The number of hydrogen-bond acceptors (Lipinski definition) is 4. The molecule has 0 aliphatic carbocycles. The average Bonchev–Trinajstić information content (AvgIpc) is 2.77. The summed E-state index contributed by atoms with van der Waals surface area (Å²) in [5, 5.41) is 4.00. The van der Waals surface area contributed by atoms with Crippen LogP contribution >= 0.6 is 0 Å². The van der Waals surface area contributed by atoms with Crippen LogP contribution in [0.3, 0.4) is 0 Å². The van der Waals surface area contributed by atoms with Gasteiger partial charge in [-0.25, -0.2) is 10.4 Å². The van der Waals surface area contributed by atoms with E-state index in [1.54, 1.807) is 12.3 Å². The monoisotopic (exact) mass is 396 g/mol. The molecule has 0 aliphatic rings. The fraction of sp³-hybridized carbons (Fsp3) is 0.0833. The third kappa shape index (κ3) is 4.17. The number of rotatable bonds is 5. The van der Waals surface area contributed by atoms with Crippen molar-refractivity contribution in [2.75, 3.05) is 0 Å². The second kappa shape index (κ2) is 8.53. The zero-order chi connectivity index (χ0) is 20.9. The van der Waals surface area contributed by atoms with E-state index in [9.17, 15) is 9.59 Å². The maximum absolute atomic E-state index is 13.1. The Morgan fingerprint density at radius 3 is 2.47 bits per heavy atom. The minimum atomic E-state index is -0.393. The molecule has 0 aliphatic heterocycles. The molecule has 6 nitrogen and oxygen atoms in total. The number of hydrogen-bond donors (Lipinski definition) is 1. The molecule has 4 aromatic rings. The highest BCUT2D eigenvalue weighted by Crippen LogP contribution is 2.17. The molecule has 0 radical (unpaired) electrons.